The molecule has 1 fully saturated rings. The normalized spacial score (nSPS) is 13.3. The summed E-state index contributed by atoms with van der Waals surface area (Å²) in [6.07, 6.45) is -1.73. The Kier molecular flexibility index (Phi) is 8.87. The number of amides is 2. The van der Waals surface area contributed by atoms with Gasteiger partial charge in [-0.2, -0.15) is 18.3 Å². The van der Waals surface area contributed by atoms with Gasteiger partial charge in [-0.05, 0) is 44.2 Å². The van der Waals surface area contributed by atoms with E-state index in [0.717, 1.165) is 35.7 Å². The van der Waals surface area contributed by atoms with E-state index in [4.69, 9.17) is 17.3 Å². The highest BCUT2D eigenvalue weighted by Crippen LogP contribution is 2.32. The molecule has 0 unspecified atom stereocenters. The average molecular weight is 542 g/mol. The van der Waals surface area contributed by atoms with Gasteiger partial charge in [0.05, 0.1) is 29.2 Å². The number of carbonyl (C=O) groups excluding carboxylic acids is 3. The summed E-state index contributed by atoms with van der Waals surface area (Å²) in [5.41, 5.74) is 4.49. The van der Waals surface area contributed by atoms with Crippen LogP contribution in [0.25, 0.3) is 10.9 Å². The zero-order valence-electron chi connectivity index (χ0n) is 19.7. The fourth-order valence-electron chi connectivity index (χ4n) is 3.55. The van der Waals surface area contributed by atoms with Gasteiger partial charge < -0.3 is 15.8 Å². The molecule has 1 aliphatic carbocycles. The lowest BCUT2D eigenvalue weighted by Crippen LogP contribution is -2.36. The molecule has 3 N–H and O–H groups in total. The number of nitrogens with two attached hydrogens (primary N) is 1. The van der Waals surface area contributed by atoms with Crippen molar-refractivity contribution >= 4 is 40.6 Å². The van der Waals surface area contributed by atoms with Crippen molar-refractivity contribution in [3.05, 3.63) is 64.1 Å². The molecule has 8 nitrogen and oxygen atoms in total. The molecule has 0 bridgehead atoms. The number of fused-ring (bicyclic) bond motifs is 1. The Bertz CT molecular complexity index is 1310. The topological polar surface area (TPSA) is 110 Å². The predicted octanol–water partition coefficient (Wildman–Crippen LogP) is 3.54. The second-order valence-corrected chi connectivity index (χ2v) is 8.83. The summed E-state index contributed by atoms with van der Waals surface area (Å²) in [6, 6.07) is 8.10. The summed E-state index contributed by atoms with van der Waals surface area (Å²) in [7, 11) is 1.93. The van der Waals surface area contributed by atoms with Crippen LogP contribution in [0.5, 0.6) is 0 Å². The Morgan fingerprint density at radius 2 is 1.97 bits per heavy atom. The van der Waals surface area contributed by atoms with Crippen LogP contribution in [0, 0.1) is 5.82 Å². The number of aromatic nitrogens is 2. The van der Waals surface area contributed by atoms with Crippen molar-refractivity contribution in [3.63, 3.8) is 0 Å². The molecule has 0 spiro atoms. The number of hydrogen-bond acceptors (Lipinski definition) is 5. The van der Waals surface area contributed by atoms with Crippen LogP contribution in [0.2, 0.25) is 5.02 Å². The van der Waals surface area contributed by atoms with Crippen molar-refractivity contribution in [2.75, 3.05) is 13.6 Å². The number of carbonyl (C=O) groups is 3. The number of aldehydes is 1. The third-order valence-corrected chi connectivity index (χ3v) is 5.92. The van der Waals surface area contributed by atoms with Crippen LogP contribution in [0.15, 0.2) is 36.4 Å². The monoisotopic (exact) mass is 541 g/mol. The number of nitrogens with zero attached hydrogens (tertiary/aromatic N) is 3. The van der Waals surface area contributed by atoms with Crippen molar-refractivity contribution in [1.82, 2.24) is 20.0 Å². The van der Waals surface area contributed by atoms with E-state index >= 15 is 0 Å². The third kappa shape index (κ3) is 7.26. The SMILES string of the molecule is CN(CC(=O)NCc1cccc(Cl)c1F)C1CC1.NC(=O)c1nn(CC=O)c2cc(C(F)(F)F)ccc12. The lowest BCUT2D eigenvalue weighted by molar-refractivity contribution is -0.137. The van der Waals surface area contributed by atoms with Crippen LogP contribution in [0.4, 0.5) is 17.6 Å². The minimum absolute atomic E-state index is 0.0377. The van der Waals surface area contributed by atoms with Gasteiger partial charge in [-0.25, -0.2) is 4.39 Å². The largest absolute Gasteiger partial charge is 0.416 e. The van der Waals surface area contributed by atoms with E-state index in [0.29, 0.717) is 24.4 Å². The molecule has 198 valence electrons. The summed E-state index contributed by atoms with van der Waals surface area (Å²) in [6.45, 7) is 0.266. The third-order valence-electron chi connectivity index (χ3n) is 5.63. The fourth-order valence-corrected chi connectivity index (χ4v) is 3.74. The number of halogens is 5. The lowest BCUT2D eigenvalue weighted by atomic mass is 10.1. The number of likely N-dealkylation sites (N-methyl/N-ethyl adjacent to an activating group) is 1. The molecule has 2 amide bonds. The summed E-state index contributed by atoms with van der Waals surface area (Å²) in [5, 5.41) is 6.71. The van der Waals surface area contributed by atoms with E-state index in [1.165, 1.54) is 6.07 Å². The summed E-state index contributed by atoms with van der Waals surface area (Å²) >= 11 is 5.67. The zero-order chi connectivity index (χ0) is 27.3. The van der Waals surface area contributed by atoms with E-state index in [2.05, 4.69) is 10.4 Å². The van der Waals surface area contributed by atoms with E-state index in [1.807, 2.05) is 11.9 Å². The summed E-state index contributed by atoms with van der Waals surface area (Å²) in [5.74, 6) is -1.42. The average Bonchev–Trinajstić information content (AvgIpc) is 3.62. The second kappa shape index (κ2) is 11.7. The van der Waals surface area contributed by atoms with Crippen molar-refractivity contribution in [2.24, 2.45) is 5.73 Å². The summed E-state index contributed by atoms with van der Waals surface area (Å²) < 4.78 is 52.4. The molecule has 1 heterocycles. The maximum absolute atomic E-state index is 13.6. The number of hydrogen-bond donors (Lipinski definition) is 2. The highest BCUT2D eigenvalue weighted by molar-refractivity contribution is 6.30. The number of benzene rings is 2. The lowest BCUT2D eigenvalue weighted by Gasteiger charge is -2.15. The van der Waals surface area contributed by atoms with Gasteiger partial charge in [0.15, 0.2) is 5.69 Å². The first-order valence-electron chi connectivity index (χ1n) is 11.1. The van der Waals surface area contributed by atoms with Gasteiger partial charge in [0.25, 0.3) is 5.91 Å². The quantitative estimate of drug-likeness (QED) is 0.335. The highest BCUT2D eigenvalue weighted by atomic mass is 35.5. The Balaban J connectivity index is 0.000000206. The zero-order valence-corrected chi connectivity index (χ0v) is 20.4. The van der Waals surface area contributed by atoms with E-state index in [-0.39, 0.29) is 40.6 Å². The van der Waals surface area contributed by atoms with Crippen molar-refractivity contribution in [3.8, 4) is 0 Å². The predicted molar refractivity (Wildman–Crippen MR) is 128 cm³/mol. The molecular formula is C24H24ClF4N5O3. The molecule has 1 aromatic heterocycles. The second-order valence-electron chi connectivity index (χ2n) is 8.43. The molecule has 13 heteroatoms. The summed E-state index contributed by atoms with van der Waals surface area (Å²) in [4.78, 5) is 35.3. The standard InChI is InChI=1S/C13H16ClFN2O.C11H8F3N3O2/c1-17(10-5-6-10)8-12(18)16-7-9-3-2-4-11(14)13(9)15;12-11(13,14)6-1-2-7-8(5-6)17(3-4-18)16-9(7)10(15)19/h2-4,10H,5-8H2,1H3,(H,16,18);1-2,4-5H,3H2,(H2,15,19). The molecule has 0 saturated heterocycles. The molecule has 1 saturated carbocycles. The van der Waals surface area contributed by atoms with Gasteiger partial charge in [0.2, 0.25) is 5.91 Å². The Hall–Kier alpha value is -3.51. The molecule has 0 aliphatic heterocycles. The number of nitrogens with one attached hydrogen (secondary N) is 1. The van der Waals surface area contributed by atoms with Crippen LogP contribution >= 0.6 is 11.6 Å². The Labute approximate surface area is 214 Å². The number of rotatable bonds is 8. The first-order valence-corrected chi connectivity index (χ1v) is 11.5. The Morgan fingerprint density at radius 3 is 2.57 bits per heavy atom. The van der Waals surface area contributed by atoms with Gasteiger partial charge in [0.1, 0.15) is 12.1 Å². The maximum atomic E-state index is 13.6. The number of alkyl halides is 3. The molecule has 3 aromatic rings. The van der Waals surface area contributed by atoms with E-state index in [1.54, 1.807) is 12.1 Å². The van der Waals surface area contributed by atoms with Gasteiger partial charge in [-0.3, -0.25) is 19.2 Å². The molecule has 37 heavy (non-hydrogen) atoms. The van der Waals surface area contributed by atoms with Crippen molar-refractivity contribution in [1.29, 1.82) is 0 Å². The van der Waals surface area contributed by atoms with Crippen LogP contribution in [-0.4, -0.2) is 52.4 Å². The van der Waals surface area contributed by atoms with E-state index < -0.39 is 23.5 Å². The molecule has 2 aromatic carbocycles. The van der Waals surface area contributed by atoms with Gasteiger partial charge >= 0.3 is 6.18 Å². The fraction of sp³-hybridized carbons (Fsp3) is 0.333. The maximum Gasteiger partial charge on any atom is 0.416 e. The number of primary amides is 1. The van der Waals surface area contributed by atoms with Gasteiger partial charge in [-0.1, -0.05) is 23.7 Å². The molecule has 4 rings (SSSR count). The minimum atomic E-state index is -4.52. The van der Waals surface area contributed by atoms with Gasteiger partial charge in [0, 0.05) is 23.5 Å². The smallest absolute Gasteiger partial charge is 0.364 e. The van der Waals surface area contributed by atoms with Crippen LogP contribution < -0.4 is 11.1 Å². The molecule has 0 radical (unpaired) electrons. The van der Waals surface area contributed by atoms with Crippen LogP contribution in [-0.2, 0) is 28.9 Å². The van der Waals surface area contributed by atoms with E-state index in [9.17, 15) is 31.9 Å². The van der Waals surface area contributed by atoms with Crippen molar-refractivity contribution < 1.29 is 31.9 Å². The molecular weight excluding hydrogens is 518 g/mol. The first kappa shape index (κ1) is 28.1. The highest BCUT2D eigenvalue weighted by Gasteiger charge is 2.31. The van der Waals surface area contributed by atoms with Crippen LogP contribution in [0.1, 0.15) is 34.5 Å². The van der Waals surface area contributed by atoms with Crippen molar-refractivity contribution in [2.45, 2.75) is 38.1 Å². The molecule has 0 atom stereocenters. The minimum Gasteiger partial charge on any atom is -0.364 e. The van der Waals surface area contributed by atoms with Gasteiger partial charge in [-0.15, -0.1) is 0 Å². The Morgan fingerprint density at radius 1 is 1.27 bits per heavy atom. The molecule has 1 aliphatic rings. The first-order chi connectivity index (χ1) is 17.4. The van der Waals surface area contributed by atoms with Crippen LogP contribution in [0.3, 0.4) is 0 Å².